The van der Waals surface area contributed by atoms with E-state index in [4.69, 9.17) is 9.84 Å². The fourth-order valence-electron chi connectivity index (χ4n) is 3.52. The Morgan fingerprint density at radius 3 is 2.78 bits per heavy atom. The number of nitrogens with zero attached hydrogens (tertiary/aromatic N) is 1. The van der Waals surface area contributed by atoms with E-state index in [0.717, 1.165) is 22.1 Å². The van der Waals surface area contributed by atoms with E-state index >= 15 is 0 Å². The molecule has 5 heteroatoms. The number of carboxylic acid groups (broad SMARTS) is 1. The molecule has 0 unspecified atom stereocenters. The standard InChI is InChI=1S/C13H14INO3/c14-11-10-8(9(7-15-11)18-12(16)17)3-6-13(10)4-1-2-5-13/h7H,1-6H2,(H,16,17). The van der Waals surface area contributed by atoms with Crippen LogP contribution < -0.4 is 4.74 Å². The van der Waals surface area contributed by atoms with Crippen molar-refractivity contribution in [1.82, 2.24) is 4.98 Å². The summed E-state index contributed by atoms with van der Waals surface area (Å²) in [5, 5.41) is 8.77. The lowest BCUT2D eigenvalue weighted by molar-refractivity contribution is 0.144. The topological polar surface area (TPSA) is 59.4 Å². The normalized spacial score (nSPS) is 20.1. The van der Waals surface area contributed by atoms with Crippen molar-refractivity contribution < 1.29 is 14.6 Å². The fraction of sp³-hybridized carbons (Fsp3) is 0.538. The van der Waals surface area contributed by atoms with Crippen molar-refractivity contribution in [2.75, 3.05) is 0 Å². The van der Waals surface area contributed by atoms with Crippen molar-refractivity contribution in [2.24, 2.45) is 0 Å². The van der Waals surface area contributed by atoms with Gasteiger partial charge in [0.05, 0.1) is 6.20 Å². The van der Waals surface area contributed by atoms with Crippen LogP contribution in [0.2, 0.25) is 0 Å². The van der Waals surface area contributed by atoms with Crippen LogP contribution >= 0.6 is 22.6 Å². The number of ether oxygens (including phenoxy) is 1. The average Bonchev–Trinajstić information content (AvgIpc) is 2.92. The number of halogens is 1. The minimum atomic E-state index is -1.26. The molecule has 0 saturated heterocycles. The second-order valence-electron chi connectivity index (χ2n) is 5.12. The van der Waals surface area contributed by atoms with Gasteiger partial charge in [0.2, 0.25) is 0 Å². The zero-order valence-electron chi connectivity index (χ0n) is 9.91. The first-order valence-corrected chi connectivity index (χ1v) is 7.29. The summed E-state index contributed by atoms with van der Waals surface area (Å²) in [6.45, 7) is 0. The van der Waals surface area contributed by atoms with E-state index in [-0.39, 0.29) is 5.41 Å². The Morgan fingerprint density at radius 2 is 2.11 bits per heavy atom. The van der Waals surface area contributed by atoms with Gasteiger partial charge in [-0.15, -0.1) is 0 Å². The first kappa shape index (κ1) is 12.2. The minimum Gasteiger partial charge on any atom is -0.449 e. The summed E-state index contributed by atoms with van der Waals surface area (Å²) in [5.41, 5.74) is 2.58. The zero-order chi connectivity index (χ0) is 12.8. The molecule has 0 atom stereocenters. The number of fused-ring (bicyclic) bond motifs is 2. The van der Waals surface area contributed by atoms with Gasteiger partial charge in [-0.3, -0.25) is 0 Å². The van der Waals surface area contributed by atoms with Crippen LogP contribution in [0.25, 0.3) is 0 Å². The maximum absolute atomic E-state index is 10.7. The predicted molar refractivity (Wildman–Crippen MR) is 74.1 cm³/mol. The quantitative estimate of drug-likeness (QED) is 0.474. The molecule has 0 aromatic carbocycles. The lowest BCUT2D eigenvalue weighted by atomic mass is 9.81. The van der Waals surface area contributed by atoms with Crippen LogP contribution in [0, 0.1) is 3.70 Å². The summed E-state index contributed by atoms with van der Waals surface area (Å²) >= 11 is 2.26. The Balaban J connectivity index is 2.10. The highest BCUT2D eigenvalue weighted by Gasteiger charge is 2.44. The number of aromatic nitrogens is 1. The molecule has 1 heterocycles. The Labute approximate surface area is 119 Å². The van der Waals surface area contributed by atoms with Gasteiger partial charge in [0.15, 0.2) is 5.75 Å². The highest BCUT2D eigenvalue weighted by molar-refractivity contribution is 14.1. The first-order chi connectivity index (χ1) is 8.62. The summed E-state index contributed by atoms with van der Waals surface area (Å²) in [4.78, 5) is 15.0. The molecule has 0 amide bonds. The molecule has 3 rings (SSSR count). The van der Waals surface area contributed by atoms with Gasteiger partial charge in [-0.25, -0.2) is 9.78 Å². The third-order valence-electron chi connectivity index (χ3n) is 4.24. The largest absolute Gasteiger partial charge is 0.511 e. The number of pyridine rings is 1. The Bertz CT molecular complexity index is 509. The number of rotatable bonds is 1. The van der Waals surface area contributed by atoms with Gasteiger partial charge in [0.25, 0.3) is 0 Å². The van der Waals surface area contributed by atoms with Gasteiger partial charge < -0.3 is 9.84 Å². The van der Waals surface area contributed by atoms with Gasteiger partial charge in [-0.05, 0) is 59.3 Å². The van der Waals surface area contributed by atoms with Crippen LogP contribution in [0.5, 0.6) is 5.75 Å². The van der Waals surface area contributed by atoms with E-state index < -0.39 is 6.16 Å². The molecule has 1 spiro atoms. The summed E-state index contributed by atoms with van der Waals surface area (Å²) in [6.07, 6.45) is 7.24. The summed E-state index contributed by atoms with van der Waals surface area (Å²) in [6, 6.07) is 0. The molecule has 1 aromatic rings. The van der Waals surface area contributed by atoms with Crippen molar-refractivity contribution in [3.8, 4) is 5.75 Å². The number of hydrogen-bond acceptors (Lipinski definition) is 3. The minimum absolute atomic E-state index is 0.247. The van der Waals surface area contributed by atoms with Gasteiger partial charge in [-0.1, -0.05) is 12.8 Å². The molecule has 0 radical (unpaired) electrons. The lowest BCUT2D eigenvalue weighted by Gasteiger charge is -2.25. The van der Waals surface area contributed by atoms with Gasteiger partial charge in [-0.2, -0.15) is 0 Å². The van der Waals surface area contributed by atoms with Crippen LogP contribution in [0.1, 0.15) is 43.2 Å². The van der Waals surface area contributed by atoms with E-state index in [1.54, 1.807) is 6.20 Å². The summed E-state index contributed by atoms with van der Waals surface area (Å²) in [5.74, 6) is 0.432. The maximum Gasteiger partial charge on any atom is 0.511 e. The molecule has 1 aromatic heterocycles. The molecular formula is C13H14INO3. The maximum atomic E-state index is 10.7. The monoisotopic (exact) mass is 359 g/mol. The molecular weight excluding hydrogens is 345 g/mol. The van der Waals surface area contributed by atoms with E-state index in [1.807, 2.05) is 0 Å². The van der Waals surface area contributed by atoms with Crippen LogP contribution in [0.15, 0.2) is 6.20 Å². The second kappa shape index (κ2) is 4.36. The smallest absolute Gasteiger partial charge is 0.449 e. The highest BCUT2D eigenvalue weighted by atomic mass is 127. The Hall–Kier alpha value is -0.850. The third kappa shape index (κ3) is 1.79. The van der Waals surface area contributed by atoms with Gasteiger partial charge in [0, 0.05) is 5.56 Å². The van der Waals surface area contributed by atoms with Crippen LogP contribution in [0.4, 0.5) is 4.79 Å². The summed E-state index contributed by atoms with van der Waals surface area (Å²) in [7, 11) is 0. The molecule has 1 fully saturated rings. The Morgan fingerprint density at radius 1 is 1.39 bits per heavy atom. The molecule has 0 aliphatic heterocycles. The van der Waals surface area contributed by atoms with Gasteiger partial charge in [0.1, 0.15) is 3.70 Å². The second-order valence-corrected chi connectivity index (χ2v) is 6.14. The van der Waals surface area contributed by atoms with Crippen molar-refractivity contribution >= 4 is 28.7 Å². The van der Waals surface area contributed by atoms with E-state index in [1.165, 1.54) is 31.2 Å². The molecule has 4 nitrogen and oxygen atoms in total. The molecule has 0 bridgehead atoms. The molecule has 1 N–H and O–H groups in total. The van der Waals surface area contributed by atoms with Gasteiger partial charge >= 0.3 is 6.16 Å². The lowest BCUT2D eigenvalue weighted by Crippen LogP contribution is -2.20. The fourth-order valence-corrected chi connectivity index (χ4v) is 4.55. The molecule has 2 aliphatic rings. The van der Waals surface area contributed by atoms with E-state index in [2.05, 4.69) is 27.6 Å². The predicted octanol–water partition coefficient (Wildman–Crippen LogP) is 3.50. The van der Waals surface area contributed by atoms with Crippen LogP contribution in [-0.4, -0.2) is 16.2 Å². The Kier molecular flexibility index (Phi) is 2.96. The van der Waals surface area contributed by atoms with E-state index in [9.17, 15) is 4.79 Å². The molecule has 96 valence electrons. The molecule has 2 aliphatic carbocycles. The zero-order valence-corrected chi connectivity index (χ0v) is 12.1. The SMILES string of the molecule is O=C(O)Oc1cnc(I)c2c1CCC21CCCC1. The van der Waals surface area contributed by atoms with Crippen molar-refractivity contribution in [3.05, 3.63) is 21.0 Å². The van der Waals surface area contributed by atoms with Crippen molar-refractivity contribution in [3.63, 3.8) is 0 Å². The third-order valence-corrected chi connectivity index (χ3v) is 5.06. The number of carbonyl (C=O) groups is 1. The van der Waals surface area contributed by atoms with Crippen LogP contribution in [-0.2, 0) is 11.8 Å². The summed E-state index contributed by atoms with van der Waals surface area (Å²) < 4.78 is 5.88. The van der Waals surface area contributed by atoms with Crippen LogP contribution in [0.3, 0.4) is 0 Å². The van der Waals surface area contributed by atoms with Crippen molar-refractivity contribution in [1.29, 1.82) is 0 Å². The average molecular weight is 359 g/mol. The molecule has 18 heavy (non-hydrogen) atoms. The number of hydrogen-bond donors (Lipinski definition) is 1. The van der Waals surface area contributed by atoms with Crippen molar-refractivity contribution in [2.45, 2.75) is 43.9 Å². The first-order valence-electron chi connectivity index (χ1n) is 6.21. The van der Waals surface area contributed by atoms with E-state index in [0.29, 0.717) is 5.75 Å². The highest BCUT2D eigenvalue weighted by Crippen LogP contribution is 2.53. The molecule has 1 saturated carbocycles.